The van der Waals surface area contributed by atoms with Crippen LogP contribution in [-0.2, 0) is 11.3 Å². The van der Waals surface area contributed by atoms with Gasteiger partial charge in [0.1, 0.15) is 11.5 Å². The smallest absolute Gasteiger partial charge is 0.194 e. The highest BCUT2D eigenvalue weighted by Gasteiger charge is 2.28. The van der Waals surface area contributed by atoms with Gasteiger partial charge in [0.2, 0.25) is 0 Å². The molecule has 7 nitrogen and oxygen atoms in total. The van der Waals surface area contributed by atoms with Crippen molar-refractivity contribution in [1.82, 2.24) is 15.1 Å². The monoisotopic (exact) mass is 392 g/mol. The van der Waals surface area contributed by atoms with Crippen molar-refractivity contribution >= 4 is 5.96 Å². The number of hydrogen-bond acceptors (Lipinski definition) is 5. The van der Waals surface area contributed by atoms with Crippen molar-refractivity contribution in [3.05, 3.63) is 23.8 Å². The third-order valence-electron chi connectivity index (χ3n) is 4.89. The molecule has 1 aromatic carbocycles. The Kier molecular flexibility index (Phi) is 9.37. The zero-order valence-electron chi connectivity index (χ0n) is 18.0. The van der Waals surface area contributed by atoms with E-state index in [-0.39, 0.29) is 0 Å². The van der Waals surface area contributed by atoms with Gasteiger partial charge in [-0.1, -0.05) is 0 Å². The van der Waals surface area contributed by atoms with Crippen molar-refractivity contribution in [3.63, 3.8) is 0 Å². The van der Waals surface area contributed by atoms with Gasteiger partial charge in [-0.15, -0.1) is 0 Å². The molecule has 1 aliphatic rings. The summed E-state index contributed by atoms with van der Waals surface area (Å²) in [6.45, 7) is 7.11. The van der Waals surface area contributed by atoms with Crippen molar-refractivity contribution in [2.75, 3.05) is 61.2 Å². The molecule has 2 rings (SSSR count). The van der Waals surface area contributed by atoms with E-state index in [0.29, 0.717) is 12.6 Å². The van der Waals surface area contributed by atoms with Gasteiger partial charge in [-0.2, -0.15) is 0 Å². The highest BCUT2D eigenvalue weighted by molar-refractivity contribution is 5.79. The van der Waals surface area contributed by atoms with E-state index in [1.165, 1.54) is 12.8 Å². The Morgan fingerprint density at radius 3 is 2.57 bits per heavy atom. The summed E-state index contributed by atoms with van der Waals surface area (Å²) in [4.78, 5) is 9.46. The summed E-state index contributed by atoms with van der Waals surface area (Å²) in [7, 11) is 7.15. The Labute approximate surface area is 169 Å². The van der Waals surface area contributed by atoms with Gasteiger partial charge in [0.15, 0.2) is 5.96 Å². The SMILES string of the molecule is CCNC(=NCCN(CCOC)C1CC1)N(C)Cc1ccc(OC)cc1OC. The van der Waals surface area contributed by atoms with Crippen molar-refractivity contribution in [2.24, 2.45) is 4.99 Å². The van der Waals surface area contributed by atoms with Gasteiger partial charge in [0, 0.05) is 58.0 Å². The predicted octanol–water partition coefficient (Wildman–Crippen LogP) is 2.21. The topological polar surface area (TPSA) is 58.6 Å². The number of nitrogens with one attached hydrogen (secondary N) is 1. The van der Waals surface area contributed by atoms with Crippen LogP contribution in [0.5, 0.6) is 11.5 Å². The second-order valence-corrected chi connectivity index (χ2v) is 7.03. The van der Waals surface area contributed by atoms with Crippen LogP contribution in [0.4, 0.5) is 0 Å². The van der Waals surface area contributed by atoms with Crippen LogP contribution in [0.15, 0.2) is 23.2 Å². The number of rotatable bonds is 12. The van der Waals surface area contributed by atoms with E-state index in [2.05, 4.69) is 29.1 Å². The van der Waals surface area contributed by atoms with E-state index in [4.69, 9.17) is 19.2 Å². The Bertz CT molecular complexity index is 620. The third kappa shape index (κ3) is 6.87. The van der Waals surface area contributed by atoms with E-state index in [9.17, 15) is 0 Å². The number of guanidine groups is 1. The summed E-state index contributed by atoms with van der Waals surface area (Å²) in [5.74, 6) is 2.52. The summed E-state index contributed by atoms with van der Waals surface area (Å²) in [6, 6.07) is 6.63. The second kappa shape index (κ2) is 11.8. The molecule has 0 saturated heterocycles. The molecule has 1 fully saturated rings. The van der Waals surface area contributed by atoms with Crippen LogP contribution in [0, 0.1) is 0 Å². The van der Waals surface area contributed by atoms with E-state index < -0.39 is 0 Å². The normalized spacial score (nSPS) is 14.3. The number of benzene rings is 1. The fourth-order valence-corrected chi connectivity index (χ4v) is 3.19. The first-order valence-electron chi connectivity index (χ1n) is 10.1. The summed E-state index contributed by atoms with van der Waals surface area (Å²) in [5.41, 5.74) is 1.09. The fraction of sp³-hybridized carbons (Fsp3) is 0.667. The van der Waals surface area contributed by atoms with E-state index in [1.54, 1.807) is 21.3 Å². The Hall–Kier alpha value is -1.99. The molecule has 0 spiro atoms. The lowest BCUT2D eigenvalue weighted by molar-refractivity contribution is 0.145. The molecule has 1 N–H and O–H groups in total. The largest absolute Gasteiger partial charge is 0.497 e. The minimum absolute atomic E-state index is 0.703. The summed E-state index contributed by atoms with van der Waals surface area (Å²) in [6.07, 6.45) is 2.59. The molecule has 1 aromatic rings. The van der Waals surface area contributed by atoms with Crippen LogP contribution in [0.1, 0.15) is 25.3 Å². The molecule has 158 valence electrons. The number of aliphatic imine (C=N–C) groups is 1. The van der Waals surface area contributed by atoms with E-state index in [1.807, 2.05) is 18.2 Å². The van der Waals surface area contributed by atoms with Gasteiger partial charge in [-0.05, 0) is 31.9 Å². The molecule has 7 heteroatoms. The minimum Gasteiger partial charge on any atom is -0.497 e. The third-order valence-corrected chi connectivity index (χ3v) is 4.89. The molecule has 1 aliphatic carbocycles. The second-order valence-electron chi connectivity index (χ2n) is 7.03. The first-order chi connectivity index (χ1) is 13.6. The van der Waals surface area contributed by atoms with Crippen molar-refractivity contribution in [3.8, 4) is 11.5 Å². The molecule has 28 heavy (non-hydrogen) atoms. The fourth-order valence-electron chi connectivity index (χ4n) is 3.19. The number of ether oxygens (including phenoxy) is 3. The Morgan fingerprint density at radius 2 is 1.96 bits per heavy atom. The average Bonchev–Trinajstić information content (AvgIpc) is 3.55. The van der Waals surface area contributed by atoms with E-state index >= 15 is 0 Å². The molecule has 0 unspecified atom stereocenters. The van der Waals surface area contributed by atoms with Crippen LogP contribution in [0.3, 0.4) is 0 Å². The Morgan fingerprint density at radius 1 is 1.18 bits per heavy atom. The van der Waals surface area contributed by atoms with Crippen LogP contribution in [0.25, 0.3) is 0 Å². The molecular formula is C21H36N4O3. The molecule has 0 heterocycles. The zero-order chi connectivity index (χ0) is 20.4. The molecule has 0 aliphatic heterocycles. The highest BCUT2D eigenvalue weighted by Crippen LogP contribution is 2.26. The average molecular weight is 393 g/mol. The lowest BCUT2D eigenvalue weighted by Gasteiger charge is -2.24. The molecule has 0 radical (unpaired) electrons. The lowest BCUT2D eigenvalue weighted by Crippen LogP contribution is -2.39. The number of methoxy groups -OCH3 is 3. The van der Waals surface area contributed by atoms with Crippen LogP contribution in [0.2, 0.25) is 0 Å². The molecule has 0 bridgehead atoms. The van der Waals surface area contributed by atoms with Gasteiger partial charge in [-0.3, -0.25) is 9.89 Å². The maximum atomic E-state index is 5.53. The van der Waals surface area contributed by atoms with Gasteiger partial charge < -0.3 is 24.4 Å². The van der Waals surface area contributed by atoms with Gasteiger partial charge in [-0.25, -0.2) is 0 Å². The maximum Gasteiger partial charge on any atom is 0.194 e. The van der Waals surface area contributed by atoms with Gasteiger partial charge >= 0.3 is 0 Å². The summed E-state index contributed by atoms with van der Waals surface area (Å²) < 4.78 is 16.1. The van der Waals surface area contributed by atoms with Crippen molar-refractivity contribution in [1.29, 1.82) is 0 Å². The van der Waals surface area contributed by atoms with Crippen LogP contribution < -0.4 is 14.8 Å². The Balaban J connectivity index is 1.98. The molecule has 0 aromatic heterocycles. The summed E-state index contributed by atoms with van der Waals surface area (Å²) >= 11 is 0. The summed E-state index contributed by atoms with van der Waals surface area (Å²) in [5, 5.41) is 3.39. The van der Waals surface area contributed by atoms with Crippen LogP contribution in [-0.4, -0.2) is 83.0 Å². The maximum absolute atomic E-state index is 5.53. The van der Waals surface area contributed by atoms with Crippen molar-refractivity contribution < 1.29 is 14.2 Å². The predicted molar refractivity (Wildman–Crippen MR) is 113 cm³/mol. The first-order valence-corrected chi connectivity index (χ1v) is 10.1. The van der Waals surface area contributed by atoms with E-state index in [0.717, 1.165) is 55.8 Å². The first kappa shape index (κ1) is 22.3. The number of hydrogen-bond donors (Lipinski definition) is 1. The van der Waals surface area contributed by atoms with Crippen LogP contribution >= 0.6 is 0 Å². The molecule has 0 amide bonds. The van der Waals surface area contributed by atoms with Crippen molar-refractivity contribution in [2.45, 2.75) is 32.4 Å². The quantitative estimate of drug-likeness (QED) is 0.435. The van der Waals surface area contributed by atoms with Gasteiger partial charge in [0.05, 0.1) is 27.4 Å². The molecule has 1 saturated carbocycles. The molecular weight excluding hydrogens is 356 g/mol. The van der Waals surface area contributed by atoms with Gasteiger partial charge in [0.25, 0.3) is 0 Å². The standard InChI is InChI=1S/C21H36N4O3/c1-6-22-21(23-11-12-25(13-14-26-3)18-8-9-18)24(2)16-17-7-10-19(27-4)15-20(17)28-5/h7,10,15,18H,6,8-9,11-14,16H2,1-5H3,(H,22,23). The zero-order valence-corrected chi connectivity index (χ0v) is 18.0. The lowest BCUT2D eigenvalue weighted by atomic mass is 10.2. The molecule has 0 atom stereocenters. The number of nitrogens with zero attached hydrogens (tertiary/aromatic N) is 3. The highest BCUT2D eigenvalue weighted by atomic mass is 16.5. The minimum atomic E-state index is 0.703.